The zero-order valence-electron chi connectivity index (χ0n) is 13.2. The van der Waals surface area contributed by atoms with Crippen molar-refractivity contribution in [3.8, 4) is 0 Å². The van der Waals surface area contributed by atoms with Crippen molar-refractivity contribution in [3.63, 3.8) is 0 Å². The largest absolute Gasteiger partial charge is 0.399 e. The zero-order valence-corrected chi connectivity index (χ0v) is 13.2. The zero-order chi connectivity index (χ0) is 17.1. The van der Waals surface area contributed by atoms with E-state index in [-0.39, 0.29) is 0 Å². The van der Waals surface area contributed by atoms with Crippen LogP contribution in [0, 0.1) is 0 Å². The van der Waals surface area contributed by atoms with E-state index in [1.54, 1.807) is 0 Å². The molecule has 0 amide bonds. The van der Waals surface area contributed by atoms with Gasteiger partial charge in [-0.05, 0) is 35.7 Å². The quantitative estimate of drug-likeness (QED) is 0.368. The van der Waals surface area contributed by atoms with Crippen molar-refractivity contribution < 1.29 is 0 Å². The molecule has 24 heavy (non-hydrogen) atoms. The molecule has 4 nitrogen and oxygen atoms in total. The Balaban J connectivity index is 0.000000141. The molecule has 4 aromatic carbocycles. The number of hydrogen-bond donors (Lipinski definition) is 4. The van der Waals surface area contributed by atoms with Gasteiger partial charge in [-0.25, -0.2) is 0 Å². The lowest BCUT2D eigenvalue weighted by atomic mass is 10.1. The highest BCUT2D eigenvalue weighted by Gasteiger charge is 1.98. The van der Waals surface area contributed by atoms with Gasteiger partial charge in [0.15, 0.2) is 0 Å². The van der Waals surface area contributed by atoms with Crippen LogP contribution in [-0.4, -0.2) is 0 Å². The molecule has 4 aromatic rings. The standard InChI is InChI=1S/2C10H10N2/c11-9-5-1-3-7-8(9)4-2-6-10(7)12;11-8-4-5-9-7(6-8)2-1-3-10(9)12/h2*1-6H,11-12H2. The van der Waals surface area contributed by atoms with Crippen LogP contribution in [0.5, 0.6) is 0 Å². The maximum Gasteiger partial charge on any atom is 0.0394 e. The van der Waals surface area contributed by atoms with Crippen molar-refractivity contribution in [1.29, 1.82) is 0 Å². The van der Waals surface area contributed by atoms with Gasteiger partial charge in [-0.15, -0.1) is 0 Å². The van der Waals surface area contributed by atoms with Crippen molar-refractivity contribution >= 4 is 44.3 Å². The Kier molecular flexibility index (Phi) is 4.12. The number of fused-ring (bicyclic) bond motifs is 2. The van der Waals surface area contributed by atoms with E-state index in [4.69, 9.17) is 22.9 Å². The van der Waals surface area contributed by atoms with Crippen LogP contribution in [0.1, 0.15) is 0 Å². The molecule has 0 saturated carbocycles. The van der Waals surface area contributed by atoms with Crippen molar-refractivity contribution in [2.45, 2.75) is 0 Å². The van der Waals surface area contributed by atoms with Crippen LogP contribution in [0.2, 0.25) is 0 Å². The summed E-state index contributed by atoms with van der Waals surface area (Å²) in [5.74, 6) is 0. The molecule has 0 aliphatic carbocycles. The number of nitrogens with two attached hydrogens (primary N) is 4. The normalized spacial score (nSPS) is 10.3. The third kappa shape index (κ3) is 3.03. The molecule has 0 unspecified atom stereocenters. The molecule has 0 atom stereocenters. The number of anilines is 4. The highest BCUT2D eigenvalue weighted by molar-refractivity contribution is 5.99. The van der Waals surface area contributed by atoms with E-state index < -0.39 is 0 Å². The van der Waals surface area contributed by atoms with Gasteiger partial charge in [-0.3, -0.25) is 0 Å². The summed E-state index contributed by atoms with van der Waals surface area (Å²) in [6.07, 6.45) is 0. The average molecular weight is 316 g/mol. The van der Waals surface area contributed by atoms with Gasteiger partial charge in [0, 0.05) is 38.9 Å². The van der Waals surface area contributed by atoms with Crippen LogP contribution in [0.25, 0.3) is 21.5 Å². The van der Waals surface area contributed by atoms with E-state index in [0.29, 0.717) is 0 Å². The summed E-state index contributed by atoms with van der Waals surface area (Å²) in [7, 11) is 0. The van der Waals surface area contributed by atoms with Crippen molar-refractivity contribution in [2.24, 2.45) is 0 Å². The SMILES string of the molecule is Nc1ccc2c(N)cccc2c1.Nc1cccc2c(N)cccc12. The van der Waals surface area contributed by atoms with E-state index in [0.717, 1.165) is 44.3 Å². The van der Waals surface area contributed by atoms with Crippen LogP contribution in [0.15, 0.2) is 72.8 Å². The molecular weight excluding hydrogens is 296 g/mol. The number of hydrogen-bond acceptors (Lipinski definition) is 4. The number of benzene rings is 4. The molecule has 0 heterocycles. The molecule has 0 saturated heterocycles. The van der Waals surface area contributed by atoms with Crippen molar-refractivity contribution in [3.05, 3.63) is 72.8 Å². The number of nitrogen functional groups attached to an aromatic ring is 4. The molecule has 8 N–H and O–H groups in total. The molecule has 0 spiro atoms. The first-order valence-corrected chi connectivity index (χ1v) is 7.62. The van der Waals surface area contributed by atoms with Gasteiger partial charge in [0.25, 0.3) is 0 Å². The van der Waals surface area contributed by atoms with Crippen LogP contribution in [0.4, 0.5) is 22.7 Å². The van der Waals surface area contributed by atoms with E-state index in [2.05, 4.69) is 0 Å². The third-order valence-electron chi connectivity index (χ3n) is 3.93. The fourth-order valence-electron chi connectivity index (χ4n) is 2.69. The summed E-state index contributed by atoms with van der Waals surface area (Å²) < 4.78 is 0. The number of rotatable bonds is 0. The first-order chi connectivity index (χ1) is 11.6. The fourth-order valence-corrected chi connectivity index (χ4v) is 2.69. The van der Waals surface area contributed by atoms with E-state index in [9.17, 15) is 0 Å². The predicted octanol–water partition coefficient (Wildman–Crippen LogP) is 4.01. The molecule has 4 heteroatoms. The second-order valence-electron chi connectivity index (χ2n) is 5.62. The summed E-state index contributed by atoms with van der Waals surface area (Å²) in [6, 6.07) is 23.1. The Bertz CT molecular complexity index is 967. The van der Waals surface area contributed by atoms with E-state index in [1.807, 2.05) is 72.8 Å². The van der Waals surface area contributed by atoms with Crippen LogP contribution >= 0.6 is 0 Å². The van der Waals surface area contributed by atoms with Crippen LogP contribution in [0.3, 0.4) is 0 Å². The van der Waals surface area contributed by atoms with Gasteiger partial charge in [0.2, 0.25) is 0 Å². The first-order valence-electron chi connectivity index (χ1n) is 7.62. The molecule has 0 fully saturated rings. The molecule has 0 aromatic heterocycles. The minimum atomic E-state index is 0.771. The van der Waals surface area contributed by atoms with Crippen LogP contribution < -0.4 is 22.9 Å². The lowest BCUT2D eigenvalue weighted by molar-refractivity contribution is 1.71. The van der Waals surface area contributed by atoms with Gasteiger partial charge in [0.05, 0.1) is 0 Å². The van der Waals surface area contributed by atoms with Gasteiger partial charge >= 0.3 is 0 Å². The maximum atomic E-state index is 5.77. The molecular formula is C20H20N4. The predicted molar refractivity (Wildman–Crippen MR) is 106 cm³/mol. The van der Waals surface area contributed by atoms with Gasteiger partial charge in [-0.1, -0.05) is 42.5 Å². The van der Waals surface area contributed by atoms with E-state index in [1.165, 1.54) is 0 Å². The van der Waals surface area contributed by atoms with Gasteiger partial charge in [0.1, 0.15) is 0 Å². The Morgan fingerprint density at radius 1 is 0.458 bits per heavy atom. The van der Waals surface area contributed by atoms with E-state index >= 15 is 0 Å². The maximum absolute atomic E-state index is 5.77. The first kappa shape index (κ1) is 15.5. The molecule has 4 rings (SSSR count). The minimum absolute atomic E-state index is 0.771. The second kappa shape index (κ2) is 6.38. The topological polar surface area (TPSA) is 104 Å². The van der Waals surface area contributed by atoms with Gasteiger partial charge in [-0.2, -0.15) is 0 Å². The average Bonchev–Trinajstić information content (AvgIpc) is 2.57. The highest BCUT2D eigenvalue weighted by atomic mass is 14.6. The van der Waals surface area contributed by atoms with Crippen LogP contribution in [-0.2, 0) is 0 Å². The lowest BCUT2D eigenvalue weighted by Crippen LogP contribution is -1.90. The molecule has 0 bridgehead atoms. The summed E-state index contributed by atoms with van der Waals surface area (Å²) >= 11 is 0. The summed E-state index contributed by atoms with van der Waals surface area (Å²) in [6.45, 7) is 0. The lowest BCUT2D eigenvalue weighted by Gasteiger charge is -2.03. The Labute approximate surface area is 140 Å². The monoisotopic (exact) mass is 316 g/mol. The summed E-state index contributed by atoms with van der Waals surface area (Å²) in [5, 5.41) is 4.21. The fraction of sp³-hybridized carbons (Fsp3) is 0. The third-order valence-corrected chi connectivity index (χ3v) is 3.93. The highest BCUT2D eigenvalue weighted by Crippen LogP contribution is 2.25. The van der Waals surface area contributed by atoms with Crippen molar-refractivity contribution in [1.82, 2.24) is 0 Å². The molecule has 0 aliphatic rings. The summed E-state index contributed by atoms with van der Waals surface area (Å²) in [4.78, 5) is 0. The molecule has 0 radical (unpaired) electrons. The molecule has 120 valence electrons. The van der Waals surface area contributed by atoms with Gasteiger partial charge < -0.3 is 22.9 Å². The Hall–Kier alpha value is -3.40. The summed E-state index contributed by atoms with van der Waals surface area (Å²) in [5.41, 5.74) is 26.1. The molecule has 0 aliphatic heterocycles. The Morgan fingerprint density at radius 3 is 1.54 bits per heavy atom. The smallest absolute Gasteiger partial charge is 0.0394 e. The second-order valence-corrected chi connectivity index (χ2v) is 5.62. The van der Waals surface area contributed by atoms with Crippen molar-refractivity contribution in [2.75, 3.05) is 22.9 Å². The minimum Gasteiger partial charge on any atom is -0.399 e. The Morgan fingerprint density at radius 2 is 0.958 bits per heavy atom.